The van der Waals surface area contributed by atoms with Gasteiger partial charge in [0, 0.05) is 5.97 Å². The third-order valence-corrected chi connectivity index (χ3v) is 12.7. The molecular formula is C53H105LiO2. The summed E-state index contributed by atoms with van der Waals surface area (Å²) in [4.78, 5) is 10.4. The molecule has 3 heteroatoms. The van der Waals surface area contributed by atoms with Gasteiger partial charge in [0.1, 0.15) is 0 Å². The number of carboxylic acid groups (broad SMARTS) is 1. The first-order valence-electron chi connectivity index (χ1n) is 26.5. The summed E-state index contributed by atoms with van der Waals surface area (Å²) >= 11 is 0. The summed E-state index contributed by atoms with van der Waals surface area (Å²) in [6.45, 7) is 2.31. The van der Waals surface area contributed by atoms with Crippen LogP contribution in [0, 0.1) is 0 Å². The summed E-state index contributed by atoms with van der Waals surface area (Å²) in [6.07, 6.45) is 71.9. The number of carbonyl (C=O) groups is 1. The fraction of sp³-hybridized carbons (Fsp3) is 0.981. The molecule has 0 aliphatic carbocycles. The van der Waals surface area contributed by atoms with E-state index in [0.29, 0.717) is 0 Å². The zero-order chi connectivity index (χ0) is 39.6. The van der Waals surface area contributed by atoms with Crippen LogP contribution >= 0.6 is 0 Å². The van der Waals surface area contributed by atoms with E-state index >= 15 is 0 Å². The molecule has 56 heavy (non-hydrogen) atoms. The summed E-state index contributed by atoms with van der Waals surface area (Å²) in [5.41, 5.74) is 0. The van der Waals surface area contributed by atoms with Crippen LogP contribution in [0.5, 0.6) is 0 Å². The molecule has 0 spiro atoms. The Kier molecular flexibility index (Phi) is 57.2. The van der Waals surface area contributed by atoms with Crippen molar-refractivity contribution in [2.24, 2.45) is 0 Å². The largest absolute Gasteiger partial charge is 1.00 e. The van der Waals surface area contributed by atoms with E-state index in [1.807, 2.05) is 0 Å². The Balaban J connectivity index is 0. The normalized spacial score (nSPS) is 11.4. The van der Waals surface area contributed by atoms with Crippen LogP contribution < -0.4 is 24.0 Å². The van der Waals surface area contributed by atoms with Gasteiger partial charge in [-0.2, -0.15) is 0 Å². The van der Waals surface area contributed by atoms with Crippen LogP contribution in [0.4, 0.5) is 0 Å². The van der Waals surface area contributed by atoms with E-state index < -0.39 is 5.97 Å². The molecule has 0 atom stereocenters. The van der Waals surface area contributed by atoms with Crippen molar-refractivity contribution in [1.29, 1.82) is 0 Å². The fourth-order valence-corrected chi connectivity index (χ4v) is 8.83. The number of rotatable bonds is 51. The van der Waals surface area contributed by atoms with Crippen LogP contribution in [0.2, 0.25) is 0 Å². The van der Waals surface area contributed by atoms with Gasteiger partial charge >= 0.3 is 18.9 Å². The minimum absolute atomic E-state index is 0. The standard InChI is InChI=1S/C53H106O2.Li/c1-2-3-4-5-6-7-8-9-10-11-12-13-14-15-16-17-18-19-20-21-22-23-24-25-26-27-28-29-30-31-32-33-34-35-36-37-38-39-40-41-42-43-44-45-46-47-48-49-50-51-52-53(54)55;/h2-52H2,1H3,(H,54,55);/q;+1/p-1. The predicted octanol–water partition coefficient (Wildman–Crippen LogP) is 15.7. The van der Waals surface area contributed by atoms with E-state index in [2.05, 4.69) is 6.92 Å². The van der Waals surface area contributed by atoms with Crippen molar-refractivity contribution in [3.05, 3.63) is 0 Å². The van der Waals surface area contributed by atoms with Crippen LogP contribution in [0.1, 0.15) is 334 Å². The molecule has 330 valence electrons. The molecule has 2 nitrogen and oxygen atoms in total. The summed E-state index contributed by atoms with van der Waals surface area (Å²) in [6, 6.07) is 0. The molecule has 0 aromatic rings. The van der Waals surface area contributed by atoms with E-state index in [1.165, 1.54) is 308 Å². The van der Waals surface area contributed by atoms with Crippen molar-refractivity contribution in [2.75, 3.05) is 0 Å². The third-order valence-electron chi connectivity index (χ3n) is 12.7. The van der Waals surface area contributed by atoms with E-state index in [-0.39, 0.29) is 25.3 Å². The molecule has 0 aromatic heterocycles. The van der Waals surface area contributed by atoms with Gasteiger partial charge in [-0.1, -0.05) is 322 Å². The second kappa shape index (κ2) is 55.1. The molecular weight excluding hydrogens is 676 g/mol. The molecule has 0 radical (unpaired) electrons. The molecule has 0 unspecified atom stereocenters. The first-order chi connectivity index (χ1) is 27.3. The number of carboxylic acids is 1. The summed E-state index contributed by atoms with van der Waals surface area (Å²) in [5, 5.41) is 10.4. The van der Waals surface area contributed by atoms with Crippen LogP contribution in [0.3, 0.4) is 0 Å². The SMILES string of the molecule is CCCCCCCCCCCCCCCCCCCCCCCCCCCCCCCCCCCCCCCCCCCCCCCCCCCCC(=O)[O-].[Li+]. The van der Waals surface area contributed by atoms with Crippen molar-refractivity contribution in [3.8, 4) is 0 Å². The number of hydrogen-bond acceptors (Lipinski definition) is 2. The van der Waals surface area contributed by atoms with E-state index in [0.717, 1.165) is 12.8 Å². The number of unbranched alkanes of at least 4 members (excludes halogenated alkanes) is 49. The predicted molar refractivity (Wildman–Crippen MR) is 246 cm³/mol. The minimum atomic E-state index is -0.896. The van der Waals surface area contributed by atoms with Gasteiger partial charge in [-0.15, -0.1) is 0 Å². The van der Waals surface area contributed by atoms with Crippen LogP contribution in [0.25, 0.3) is 0 Å². The maximum absolute atomic E-state index is 10.4. The number of aliphatic carboxylic acids is 1. The van der Waals surface area contributed by atoms with Gasteiger partial charge in [0.15, 0.2) is 0 Å². The Labute approximate surface area is 367 Å². The minimum Gasteiger partial charge on any atom is -0.550 e. The zero-order valence-electron chi connectivity index (χ0n) is 39.4. The molecule has 0 saturated carbocycles. The maximum atomic E-state index is 10.4. The Morgan fingerprint density at radius 2 is 0.339 bits per heavy atom. The average Bonchev–Trinajstić information content (AvgIpc) is 3.18. The van der Waals surface area contributed by atoms with E-state index in [4.69, 9.17) is 0 Å². The maximum Gasteiger partial charge on any atom is 1.00 e. The van der Waals surface area contributed by atoms with Crippen molar-refractivity contribution >= 4 is 5.97 Å². The molecule has 0 aliphatic rings. The number of carbonyl (C=O) groups excluding carboxylic acids is 1. The van der Waals surface area contributed by atoms with Crippen LogP contribution in [0.15, 0.2) is 0 Å². The molecule has 0 N–H and O–H groups in total. The molecule has 0 heterocycles. The van der Waals surface area contributed by atoms with Crippen LogP contribution in [-0.4, -0.2) is 5.97 Å². The van der Waals surface area contributed by atoms with Crippen molar-refractivity contribution < 1.29 is 28.8 Å². The quantitative estimate of drug-likeness (QED) is 0.0456. The summed E-state index contributed by atoms with van der Waals surface area (Å²) in [7, 11) is 0. The van der Waals surface area contributed by atoms with E-state index in [9.17, 15) is 9.90 Å². The summed E-state index contributed by atoms with van der Waals surface area (Å²) in [5.74, 6) is -0.896. The molecule has 0 fully saturated rings. The molecule has 0 rings (SSSR count). The fourth-order valence-electron chi connectivity index (χ4n) is 8.83. The number of hydrogen-bond donors (Lipinski definition) is 0. The third kappa shape index (κ3) is 56.2. The monoisotopic (exact) mass is 781 g/mol. The smallest absolute Gasteiger partial charge is 0.550 e. The van der Waals surface area contributed by atoms with Gasteiger partial charge in [-0.3, -0.25) is 0 Å². The Hall–Kier alpha value is 0.0674. The topological polar surface area (TPSA) is 40.1 Å². The average molecular weight is 781 g/mol. The zero-order valence-corrected chi connectivity index (χ0v) is 39.4. The van der Waals surface area contributed by atoms with Crippen molar-refractivity contribution in [3.63, 3.8) is 0 Å². The second-order valence-corrected chi connectivity index (χ2v) is 18.4. The van der Waals surface area contributed by atoms with Gasteiger partial charge in [0.2, 0.25) is 0 Å². The van der Waals surface area contributed by atoms with Crippen molar-refractivity contribution in [2.45, 2.75) is 334 Å². The van der Waals surface area contributed by atoms with Gasteiger partial charge in [-0.25, -0.2) is 0 Å². The Morgan fingerprint density at radius 3 is 0.446 bits per heavy atom. The Morgan fingerprint density at radius 1 is 0.232 bits per heavy atom. The summed E-state index contributed by atoms with van der Waals surface area (Å²) < 4.78 is 0. The van der Waals surface area contributed by atoms with Gasteiger partial charge in [0.25, 0.3) is 0 Å². The van der Waals surface area contributed by atoms with E-state index in [1.54, 1.807) is 0 Å². The van der Waals surface area contributed by atoms with Gasteiger partial charge < -0.3 is 9.90 Å². The molecule has 0 amide bonds. The van der Waals surface area contributed by atoms with Gasteiger partial charge in [-0.05, 0) is 12.8 Å². The van der Waals surface area contributed by atoms with Crippen molar-refractivity contribution in [1.82, 2.24) is 0 Å². The van der Waals surface area contributed by atoms with Gasteiger partial charge in [0.05, 0.1) is 0 Å². The van der Waals surface area contributed by atoms with Crippen LogP contribution in [-0.2, 0) is 4.79 Å². The first-order valence-corrected chi connectivity index (χ1v) is 26.5. The first kappa shape index (κ1) is 58.2. The molecule has 0 bridgehead atoms. The Bertz CT molecular complexity index is 681. The molecule has 0 aliphatic heterocycles. The second-order valence-electron chi connectivity index (χ2n) is 18.4. The molecule has 0 saturated heterocycles. The molecule has 0 aromatic carbocycles.